The van der Waals surface area contributed by atoms with Crippen LogP contribution >= 0.6 is 0 Å². The van der Waals surface area contributed by atoms with Crippen molar-refractivity contribution in [3.63, 3.8) is 0 Å². The third-order valence-corrected chi connectivity index (χ3v) is 3.78. The topological polar surface area (TPSA) is 32.3 Å². The molecule has 0 aromatic rings. The third-order valence-electron chi connectivity index (χ3n) is 3.78. The molecule has 0 radical (unpaired) electrons. The van der Waals surface area contributed by atoms with Crippen LogP contribution in [-0.4, -0.2) is 36.0 Å². The Morgan fingerprint density at radius 3 is 2.27 bits per heavy atom. The number of amides is 1. The lowest BCUT2D eigenvalue weighted by Gasteiger charge is -2.36. The van der Waals surface area contributed by atoms with Crippen LogP contribution in [0.15, 0.2) is 0 Å². The lowest BCUT2D eigenvalue weighted by Crippen LogP contribution is -2.46. The van der Waals surface area contributed by atoms with Crippen molar-refractivity contribution in [2.24, 2.45) is 0 Å². The highest BCUT2D eigenvalue weighted by Crippen LogP contribution is 2.25. The lowest BCUT2D eigenvalue weighted by molar-refractivity contribution is -0.120. The van der Waals surface area contributed by atoms with Gasteiger partial charge in [-0.05, 0) is 25.7 Å². The van der Waals surface area contributed by atoms with E-state index in [1.54, 1.807) is 6.92 Å². The Kier molecular flexibility index (Phi) is 3.62. The van der Waals surface area contributed by atoms with Gasteiger partial charge in [-0.3, -0.25) is 4.79 Å². The molecule has 3 heteroatoms. The largest absolute Gasteiger partial charge is 0.354 e. The number of nitrogens with one attached hydrogen (secondary N) is 1. The summed E-state index contributed by atoms with van der Waals surface area (Å²) in [7, 11) is 0. The summed E-state index contributed by atoms with van der Waals surface area (Å²) in [5, 5.41) is 3.03. The van der Waals surface area contributed by atoms with Crippen molar-refractivity contribution in [3.05, 3.63) is 0 Å². The number of likely N-dealkylation sites (tertiary alicyclic amines) is 1. The van der Waals surface area contributed by atoms with Gasteiger partial charge in [-0.15, -0.1) is 0 Å². The Labute approximate surface area is 92.2 Å². The van der Waals surface area contributed by atoms with E-state index in [1.165, 1.54) is 38.8 Å². The molecule has 2 rings (SSSR count). The average molecular weight is 210 g/mol. The van der Waals surface area contributed by atoms with E-state index in [1.807, 2.05) is 0 Å². The van der Waals surface area contributed by atoms with Crippen molar-refractivity contribution in [2.75, 3.05) is 13.1 Å². The number of rotatable bonds is 2. The second kappa shape index (κ2) is 4.97. The van der Waals surface area contributed by atoms with Gasteiger partial charge in [-0.25, -0.2) is 0 Å². The molecule has 2 aliphatic rings. The van der Waals surface area contributed by atoms with E-state index >= 15 is 0 Å². The van der Waals surface area contributed by atoms with E-state index in [0.717, 1.165) is 18.9 Å². The Hall–Kier alpha value is -0.570. The molecule has 0 atom stereocenters. The molecule has 0 spiro atoms. The number of nitrogens with zero attached hydrogens (tertiary/aromatic N) is 1. The molecule has 15 heavy (non-hydrogen) atoms. The van der Waals surface area contributed by atoms with Crippen LogP contribution in [0.1, 0.15) is 45.4 Å². The summed E-state index contributed by atoms with van der Waals surface area (Å²) in [5.74, 6) is 0.120. The molecule has 1 aliphatic heterocycles. The minimum atomic E-state index is 0.120. The van der Waals surface area contributed by atoms with Gasteiger partial charge in [-0.2, -0.15) is 0 Å². The summed E-state index contributed by atoms with van der Waals surface area (Å²) < 4.78 is 0. The normalized spacial score (nSPS) is 25.7. The van der Waals surface area contributed by atoms with Gasteiger partial charge in [0.05, 0.1) is 0 Å². The maximum atomic E-state index is 10.9. The Bertz CT molecular complexity index is 216. The van der Waals surface area contributed by atoms with Gasteiger partial charge < -0.3 is 10.2 Å². The highest BCUT2D eigenvalue weighted by molar-refractivity contribution is 5.73. The first kappa shape index (κ1) is 10.9. The molecule has 0 bridgehead atoms. The van der Waals surface area contributed by atoms with Crippen LogP contribution in [0.25, 0.3) is 0 Å². The molecule has 1 saturated carbocycles. The van der Waals surface area contributed by atoms with E-state index in [9.17, 15) is 4.79 Å². The summed E-state index contributed by atoms with van der Waals surface area (Å²) in [6, 6.07) is 1.28. The molecule has 3 nitrogen and oxygen atoms in total. The van der Waals surface area contributed by atoms with Crippen LogP contribution in [0.5, 0.6) is 0 Å². The minimum Gasteiger partial charge on any atom is -0.354 e. The quantitative estimate of drug-likeness (QED) is 0.749. The molecule has 0 aromatic carbocycles. The van der Waals surface area contributed by atoms with Crippen molar-refractivity contribution in [1.29, 1.82) is 0 Å². The summed E-state index contributed by atoms with van der Waals surface area (Å²) >= 11 is 0. The van der Waals surface area contributed by atoms with Crippen LogP contribution in [0, 0.1) is 0 Å². The Balaban J connectivity index is 1.73. The average Bonchev–Trinajstić information content (AvgIpc) is 2.71. The van der Waals surface area contributed by atoms with Crippen LogP contribution in [0.3, 0.4) is 0 Å². The maximum absolute atomic E-state index is 10.9. The molecule has 0 unspecified atom stereocenters. The van der Waals surface area contributed by atoms with Crippen LogP contribution < -0.4 is 5.32 Å². The molecule has 2 fully saturated rings. The molecular formula is C12H22N2O. The van der Waals surface area contributed by atoms with Gasteiger partial charge in [0.25, 0.3) is 0 Å². The predicted octanol–water partition coefficient (Wildman–Crippen LogP) is 1.53. The van der Waals surface area contributed by atoms with Gasteiger partial charge in [-0.1, -0.05) is 12.8 Å². The zero-order valence-corrected chi connectivity index (χ0v) is 9.67. The third kappa shape index (κ3) is 2.94. The SMILES string of the molecule is CC(=O)NC1CCN(C2CCCC2)CC1. The highest BCUT2D eigenvalue weighted by Gasteiger charge is 2.26. The molecule has 1 saturated heterocycles. The van der Waals surface area contributed by atoms with Gasteiger partial charge in [0.15, 0.2) is 0 Å². The Morgan fingerprint density at radius 2 is 1.73 bits per heavy atom. The van der Waals surface area contributed by atoms with E-state index in [-0.39, 0.29) is 5.91 Å². The van der Waals surface area contributed by atoms with Gasteiger partial charge in [0.1, 0.15) is 0 Å². The first-order chi connectivity index (χ1) is 7.25. The number of piperidine rings is 1. The number of carbonyl (C=O) groups excluding carboxylic acids is 1. The lowest BCUT2D eigenvalue weighted by atomic mass is 10.0. The molecular weight excluding hydrogens is 188 g/mol. The van der Waals surface area contributed by atoms with E-state index in [4.69, 9.17) is 0 Å². The summed E-state index contributed by atoms with van der Waals surface area (Å²) in [6.07, 6.45) is 7.88. The number of hydrogen-bond donors (Lipinski definition) is 1. The van der Waals surface area contributed by atoms with Crippen molar-refractivity contribution >= 4 is 5.91 Å². The first-order valence-electron chi connectivity index (χ1n) is 6.27. The van der Waals surface area contributed by atoms with Crippen LogP contribution in [0.4, 0.5) is 0 Å². The minimum absolute atomic E-state index is 0.120. The summed E-state index contributed by atoms with van der Waals surface area (Å²) in [4.78, 5) is 13.6. The fraction of sp³-hybridized carbons (Fsp3) is 0.917. The fourth-order valence-corrected chi connectivity index (χ4v) is 2.97. The maximum Gasteiger partial charge on any atom is 0.217 e. The van der Waals surface area contributed by atoms with Gasteiger partial charge >= 0.3 is 0 Å². The van der Waals surface area contributed by atoms with Gasteiger partial charge in [0, 0.05) is 32.1 Å². The molecule has 1 heterocycles. The molecule has 86 valence electrons. The number of carbonyl (C=O) groups is 1. The van der Waals surface area contributed by atoms with E-state index in [0.29, 0.717) is 6.04 Å². The van der Waals surface area contributed by atoms with E-state index in [2.05, 4.69) is 10.2 Å². The van der Waals surface area contributed by atoms with Crippen molar-refractivity contribution < 1.29 is 4.79 Å². The van der Waals surface area contributed by atoms with Gasteiger partial charge in [0.2, 0.25) is 5.91 Å². The smallest absolute Gasteiger partial charge is 0.217 e. The summed E-state index contributed by atoms with van der Waals surface area (Å²) in [6.45, 7) is 3.97. The van der Waals surface area contributed by atoms with Crippen molar-refractivity contribution in [3.8, 4) is 0 Å². The monoisotopic (exact) mass is 210 g/mol. The predicted molar refractivity (Wildman–Crippen MR) is 60.7 cm³/mol. The zero-order chi connectivity index (χ0) is 10.7. The fourth-order valence-electron chi connectivity index (χ4n) is 2.97. The van der Waals surface area contributed by atoms with Crippen LogP contribution in [0.2, 0.25) is 0 Å². The van der Waals surface area contributed by atoms with Crippen LogP contribution in [-0.2, 0) is 4.79 Å². The van der Waals surface area contributed by atoms with Crippen molar-refractivity contribution in [1.82, 2.24) is 10.2 Å². The number of hydrogen-bond acceptors (Lipinski definition) is 2. The second-order valence-corrected chi connectivity index (χ2v) is 4.95. The molecule has 1 amide bonds. The molecule has 1 aliphatic carbocycles. The Morgan fingerprint density at radius 1 is 1.13 bits per heavy atom. The summed E-state index contributed by atoms with van der Waals surface area (Å²) in [5.41, 5.74) is 0. The van der Waals surface area contributed by atoms with Crippen molar-refractivity contribution in [2.45, 2.75) is 57.5 Å². The highest BCUT2D eigenvalue weighted by atomic mass is 16.1. The van der Waals surface area contributed by atoms with E-state index < -0.39 is 0 Å². The standard InChI is InChI=1S/C12H22N2O/c1-10(15)13-11-6-8-14(9-7-11)12-4-2-3-5-12/h11-12H,2-9H2,1H3,(H,13,15). The molecule has 0 aromatic heterocycles. The zero-order valence-electron chi connectivity index (χ0n) is 9.67. The first-order valence-corrected chi connectivity index (χ1v) is 6.27. The second-order valence-electron chi connectivity index (χ2n) is 4.95. The molecule has 1 N–H and O–H groups in total.